The number of halogens is 5. The average Bonchev–Trinajstić information content (AvgIpc) is 3.49. The van der Waals surface area contributed by atoms with Crippen LogP contribution in [0.2, 0.25) is 0 Å². The van der Waals surface area contributed by atoms with E-state index in [1.165, 1.54) is 23.3 Å². The minimum Gasteiger partial charge on any atom is -0.346 e. The minimum atomic E-state index is -4.40. The van der Waals surface area contributed by atoms with Crippen LogP contribution in [0.1, 0.15) is 33.4 Å². The van der Waals surface area contributed by atoms with E-state index < -0.39 is 16.3 Å². The summed E-state index contributed by atoms with van der Waals surface area (Å²) in [5.41, 5.74) is 6.68. The van der Waals surface area contributed by atoms with Gasteiger partial charge in [0, 0.05) is 33.6 Å². The van der Waals surface area contributed by atoms with Crippen LogP contribution in [0.15, 0.2) is 88.7 Å². The Morgan fingerprint density at radius 2 is 1.64 bits per heavy atom. The van der Waals surface area contributed by atoms with Gasteiger partial charge in [-0.3, -0.25) is 0 Å². The Kier molecular flexibility index (Phi) is 7.84. The predicted molar refractivity (Wildman–Crippen MR) is 165 cm³/mol. The van der Waals surface area contributed by atoms with Gasteiger partial charge in [-0.25, -0.2) is 0 Å². The first-order valence-electron chi connectivity index (χ1n) is 13.3. The predicted octanol–water partition coefficient (Wildman–Crippen LogP) is 9.47. The number of anilines is 1. The molecule has 1 atom stereocenters. The Labute approximate surface area is 254 Å². The molecule has 0 bridgehead atoms. The average molecular weight is 629 g/mol. The second kappa shape index (κ2) is 11.3. The zero-order valence-electron chi connectivity index (χ0n) is 22.3. The van der Waals surface area contributed by atoms with Crippen molar-refractivity contribution >= 4 is 46.4 Å². The van der Waals surface area contributed by atoms with Crippen LogP contribution in [0.25, 0.3) is 11.1 Å². The lowest BCUT2D eigenvalue weighted by Gasteiger charge is -2.16. The van der Waals surface area contributed by atoms with Gasteiger partial charge in [-0.05, 0) is 113 Å². The Hall–Kier alpha value is -2.92. The van der Waals surface area contributed by atoms with Gasteiger partial charge in [-0.2, -0.15) is 22.0 Å². The quantitative estimate of drug-likeness (QED) is 0.164. The van der Waals surface area contributed by atoms with Gasteiger partial charge in [0.05, 0.1) is 5.56 Å². The molecule has 0 radical (unpaired) electrons. The second-order valence-corrected chi connectivity index (χ2v) is 13.4. The number of alkyl halides is 5. The topological polar surface area (TPSA) is 24.1 Å². The monoisotopic (exact) mass is 628 g/mol. The van der Waals surface area contributed by atoms with Crippen LogP contribution >= 0.6 is 35.7 Å². The standard InChI is InChI=1S/C32H25F5N2S3/c1-18-3-2-4-26(29(18)20-6-9-23(10-7-20)31(33,34)35)30(40)39-24-11-8-21-14-25(16-22(21)15-24)38-17-19-5-12-27-28(13-19)42-32(36,37)41-27/h2-13,15,25,38H,14,16-17H2,1H3,(H,39,40)/t25-/m0/s1. The third-order valence-corrected chi connectivity index (χ3v) is 10.0. The maximum absolute atomic E-state index is 13.7. The summed E-state index contributed by atoms with van der Waals surface area (Å²) >= 11 is 6.98. The Balaban J connectivity index is 1.12. The van der Waals surface area contributed by atoms with E-state index in [4.69, 9.17) is 12.2 Å². The number of aryl methyl sites for hydroxylation is 1. The van der Waals surface area contributed by atoms with Gasteiger partial charge in [0.2, 0.25) is 0 Å². The number of thiocarbonyl (C=S) groups is 1. The summed E-state index contributed by atoms with van der Waals surface area (Å²) in [5, 5.41) is 6.90. The summed E-state index contributed by atoms with van der Waals surface area (Å²) in [6.07, 6.45) is -2.71. The maximum Gasteiger partial charge on any atom is 0.416 e. The zero-order valence-corrected chi connectivity index (χ0v) is 24.8. The number of fused-ring (bicyclic) bond motifs is 2. The molecular formula is C32H25F5N2S3. The summed E-state index contributed by atoms with van der Waals surface area (Å²) in [6.45, 7) is 2.51. The molecule has 42 heavy (non-hydrogen) atoms. The van der Waals surface area contributed by atoms with E-state index in [0.29, 0.717) is 50.4 Å². The van der Waals surface area contributed by atoms with E-state index in [-0.39, 0.29) is 6.04 Å². The molecule has 1 aliphatic heterocycles. The number of hydrogen-bond donors (Lipinski definition) is 2. The lowest BCUT2D eigenvalue weighted by Crippen LogP contribution is -2.28. The third-order valence-electron chi connectivity index (χ3n) is 7.48. The zero-order chi connectivity index (χ0) is 29.6. The van der Waals surface area contributed by atoms with Crippen molar-refractivity contribution in [3.63, 3.8) is 0 Å². The Morgan fingerprint density at radius 1 is 0.905 bits per heavy atom. The van der Waals surface area contributed by atoms with Crippen LogP contribution in [-0.2, 0) is 25.6 Å². The highest BCUT2D eigenvalue weighted by Gasteiger charge is 2.39. The van der Waals surface area contributed by atoms with E-state index >= 15 is 0 Å². The van der Waals surface area contributed by atoms with Crippen molar-refractivity contribution in [3.05, 3.63) is 112 Å². The van der Waals surface area contributed by atoms with Crippen LogP contribution in [0, 0.1) is 6.92 Å². The first kappa shape index (κ1) is 29.2. The van der Waals surface area contributed by atoms with Crippen LogP contribution in [0.4, 0.5) is 27.6 Å². The van der Waals surface area contributed by atoms with Crippen molar-refractivity contribution in [2.75, 3.05) is 5.32 Å². The molecule has 0 amide bonds. The molecule has 10 heteroatoms. The first-order valence-corrected chi connectivity index (χ1v) is 15.3. The summed E-state index contributed by atoms with van der Waals surface area (Å²) in [5.74, 6) is 0. The number of rotatable bonds is 6. The second-order valence-electron chi connectivity index (χ2n) is 10.4. The molecule has 216 valence electrons. The molecule has 6 rings (SSSR count). The normalized spacial score (nSPS) is 17.1. The summed E-state index contributed by atoms with van der Waals surface area (Å²) < 4.78 is 63.9. The molecule has 2 N–H and O–H groups in total. The van der Waals surface area contributed by atoms with Gasteiger partial charge < -0.3 is 10.6 Å². The van der Waals surface area contributed by atoms with E-state index in [0.717, 1.165) is 52.9 Å². The van der Waals surface area contributed by atoms with Gasteiger partial charge in [-0.15, -0.1) is 0 Å². The summed E-state index contributed by atoms with van der Waals surface area (Å²) in [6, 6.07) is 22.7. The van der Waals surface area contributed by atoms with Gasteiger partial charge in [0.15, 0.2) is 0 Å². The van der Waals surface area contributed by atoms with Gasteiger partial charge in [-0.1, -0.05) is 54.7 Å². The van der Waals surface area contributed by atoms with Gasteiger partial charge >= 0.3 is 10.8 Å². The number of hydrogen-bond acceptors (Lipinski definition) is 4. The van der Waals surface area contributed by atoms with Crippen LogP contribution in [0.3, 0.4) is 0 Å². The van der Waals surface area contributed by atoms with Gasteiger partial charge in [0.1, 0.15) is 4.99 Å². The SMILES string of the molecule is Cc1cccc(C(=S)Nc2ccc3c(c2)C[C@@H](NCc2ccc4c(c2)SC(F)(F)S4)C3)c1-c1ccc(C(F)(F)F)cc1. The van der Waals surface area contributed by atoms with Crippen LogP contribution in [0.5, 0.6) is 0 Å². The fourth-order valence-electron chi connectivity index (χ4n) is 5.47. The van der Waals surface area contributed by atoms with Crippen molar-refractivity contribution in [1.82, 2.24) is 5.32 Å². The molecule has 0 spiro atoms. The molecule has 4 aromatic rings. The molecule has 0 saturated carbocycles. The molecular weight excluding hydrogens is 604 g/mol. The Morgan fingerprint density at radius 3 is 2.40 bits per heavy atom. The molecule has 2 aliphatic rings. The van der Waals surface area contributed by atoms with E-state index in [1.54, 1.807) is 6.07 Å². The molecule has 0 unspecified atom stereocenters. The fraction of sp³-hybridized carbons (Fsp3) is 0.219. The largest absolute Gasteiger partial charge is 0.416 e. The Bertz CT molecular complexity index is 1670. The highest BCUT2D eigenvalue weighted by atomic mass is 32.2. The van der Waals surface area contributed by atoms with Crippen molar-refractivity contribution in [2.24, 2.45) is 0 Å². The molecule has 1 aliphatic carbocycles. The third kappa shape index (κ3) is 6.22. The first-order chi connectivity index (χ1) is 19.9. The molecule has 1 heterocycles. The lowest BCUT2D eigenvalue weighted by atomic mass is 9.94. The number of nitrogens with one attached hydrogen (secondary N) is 2. The van der Waals surface area contributed by atoms with Crippen LogP contribution in [-0.4, -0.2) is 15.6 Å². The molecule has 0 fully saturated rings. The van der Waals surface area contributed by atoms with E-state index in [1.807, 2.05) is 43.3 Å². The summed E-state index contributed by atoms with van der Waals surface area (Å²) in [4.78, 5) is 1.73. The maximum atomic E-state index is 13.7. The molecule has 4 aromatic carbocycles. The van der Waals surface area contributed by atoms with Crippen LogP contribution < -0.4 is 10.6 Å². The number of thioether (sulfide) groups is 2. The van der Waals surface area contributed by atoms with E-state index in [9.17, 15) is 22.0 Å². The van der Waals surface area contributed by atoms with Gasteiger partial charge in [0.25, 0.3) is 0 Å². The summed E-state index contributed by atoms with van der Waals surface area (Å²) in [7, 11) is 0. The minimum absolute atomic E-state index is 0.224. The van der Waals surface area contributed by atoms with E-state index in [2.05, 4.69) is 22.8 Å². The molecule has 0 saturated heterocycles. The fourth-order valence-corrected chi connectivity index (χ4v) is 7.90. The van der Waals surface area contributed by atoms with Crippen molar-refractivity contribution in [1.29, 1.82) is 0 Å². The van der Waals surface area contributed by atoms with Crippen molar-refractivity contribution in [3.8, 4) is 11.1 Å². The smallest absolute Gasteiger partial charge is 0.346 e. The lowest BCUT2D eigenvalue weighted by molar-refractivity contribution is -0.137. The molecule has 0 aromatic heterocycles. The van der Waals surface area contributed by atoms with Crippen molar-refractivity contribution in [2.45, 2.75) is 52.9 Å². The number of benzene rings is 4. The molecule has 2 nitrogen and oxygen atoms in total. The highest BCUT2D eigenvalue weighted by Crippen LogP contribution is 2.57. The van der Waals surface area contributed by atoms with Crippen molar-refractivity contribution < 1.29 is 22.0 Å². The highest BCUT2D eigenvalue weighted by molar-refractivity contribution is 8.20.